The number of rotatable bonds is 2. The molecule has 6 rings (SSSR count). The van der Waals surface area contributed by atoms with E-state index in [0.717, 1.165) is 63.7 Å². The second-order valence-electron chi connectivity index (χ2n) is 7.92. The zero-order valence-electron chi connectivity index (χ0n) is 17.4. The average molecular weight is 456 g/mol. The lowest BCUT2D eigenvalue weighted by molar-refractivity contribution is 0.391. The maximum absolute atomic E-state index is 5.74. The monoisotopic (exact) mass is 455 g/mol. The highest BCUT2D eigenvalue weighted by Crippen LogP contribution is 2.34. The molecule has 158 valence electrons. The lowest BCUT2D eigenvalue weighted by Crippen LogP contribution is -2.50. The number of benzene rings is 3. The summed E-state index contributed by atoms with van der Waals surface area (Å²) >= 11 is 7.42. The number of aromatic nitrogens is 2. The summed E-state index contributed by atoms with van der Waals surface area (Å²) < 4.78 is 1.18. The molecule has 2 aromatic heterocycles. The summed E-state index contributed by atoms with van der Waals surface area (Å²) in [5.41, 5.74) is 5.07. The van der Waals surface area contributed by atoms with Crippen LogP contribution in [0.1, 0.15) is 0 Å². The van der Waals surface area contributed by atoms with E-state index in [1.165, 1.54) is 10.4 Å². The number of thiocarbonyl (C=S) groups is 1. The van der Waals surface area contributed by atoms with Crippen LogP contribution >= 0.6 is 23.6 Å². The zero-order valence-corrected chi connectivity index (χ0v) is 19.0. The van der Waals surface area contributed by atoms with Gasteiger partial charge in [0, 0.05) is 47.6 Å². The predicted molar refractivity (Wildman–Crippen MR) is 139 cm³/mol. The second-order valence-corrected chi connectivity index (χ2v) is 9.34. The van der Waals surface area contributed by atoms with Crippen LogP contribution < -0.4 is 10.2 Å². The Morgan fingerprint density at radius 1 is 0.844 bits per heavy atom. The first-order chi connectivity index (χ1) is 15.7. The van der Waals surface area contributed by atoms with Crippen LogP contribution in [0.3, 0.4) is 0 Å². The standard InChI is InChI=1S/C25H21N5S2/c31-25(30-14-12-29(13-15-30)18-6-2-1-3-7-18)26-17-10-11-22-19(16-17)23-24(32-22)28-21-9-5-4-8-20(21)27-23/h1-11,16H,12-15H2,(H,26,31). The minimum Gasteiger partial charge on any atom is -0.368 e. The normalized spacial score (nSPS) is 14.4. The molecule has 1 N–H and O–H groups in total. The summed E-state index contributed by atoms with van der Waals surface area (Å²) in [4.78, 5) is 15.3. The molecule has 1 aliphatic heterocycles. The Kier molecular flexibility index (Phi) is 4.85. The number of piperazine rings is 1. The van der Waals surface area contributed by atoms with Crippen molar-refractivity contribution < 1.29 is 0 Å². The highest BCUT2D eigenvalue weighted by Gasteiger charge is 2.19. The summed E-state index contributed by atoms with van der Waals surface area (Å²) in [5.74, 6) is 0. The van der Waals surface area contributed by atoms with E-state index in [9.17, 15) is 0 Å². The van der Waals surface area contributed by atoms with Gasteiger partial charge in [-0.2, -0.15) is 0 Å². The molecule has 0 amide bonds. The number of nitrogens with one attached hydrogen (secondary N) is 1. The molecular formula is C25H21N5S2. The minimum absolute atomic E-state index is 0.771. The SMILES string of the molecule is S=C(Nc1ccc2sc3nc4ccccc4nc3c2c1)N1CCN(c2ccccc2)CC1. The molecule has 0 unspecified atom stereocenters. The molecule has 1 saturated heterocycles. The molecule has 0 spiro atoms. The Balaban J connectivity index is 1.21. The van der Waals surface area contributed by atoms with Crippen molar-refractivity contribution in [3.8, 4) is 0 Å². The van der Waals surface area contributed by atoms with Gasteiger partial charge in [0.25, 0.3) is 0 Å². The van der Waals surface area contributed by atoms with Gasteiger partial charge in [0.1, 0.15) is 10.3 Å². The van der Waals surface area contributed by atoms with E-state index >= 15 is 0 Å². The second kappa shape index (κ2) is 8.00. The van der Waals surface area contributed by atoms with Gasteiger partial charge < -0.3 is 15.1 Å². The molecule has 0 aliphatic carbocycles. The molecular weight excluding hydrogens is 434 g/mol. The molecule has 5 nitrogen and oxygen atoms in total. The number of anilines is 2. The number of para-hydroxylation sites is 3. The van der Waals surface area contributed by atoms with Crippen molar-refractivity contribution in [1.29, 1.82) is 0 Å². The van der Waals surface area contributed by atoms with E-state index in [1.54, 1.807) is 11.3 Å². The molecule has 3 heterocycles. The van der Waals surface area contributed by atoms with Gasteiger partial charge in [-0.25, -0.2) is 9.97 Å². The van der Waals surface area contributed by atoms with Crippen molar-refractivity contribution >= 4 is 71.5 Å². The highest BCUT2D eigenvalue weighted by molar-refractivity contribution is 7.80. The lowest BCUT2D eigenvalue weighted by Gasteiger charge is -2.37. The molecule has 7 heteroatoms. The van der Waals surface area contributed by atoms with Crippen LogP contribution in [0.2, 0.25) is 0 Å². The van der Waals surface area contributed by atoms with Crippen molar-refractivity contribution in [3.05, 3.63) is 72.8 Å². The molecule has 0 saturated carbocycles. The molecule has 5 aromatic rings. The molecule has 0 radical (unpaired) electrons. The Morgan fingerprint density at radius 3 is 2.34 bits per heavy atom. The van der Waals surface area contributed by atoms with Crippen LogP contribution in [0.15, 0.2) is 72.8 Å². The van der Waals surface area contributed by atoms with E-state index < -0.39 is 0 Å². The van der Waals surface area contributed by atoms with Gasteiger partial charge in [-0.1, -0.05) is 30.3 Å². The molecule has 1 aliphatic rings. The van der Waals surface area contributed by atoms with Crippen molar-refractivity contribution in [2.75, 3.05) is 36.4 Å². The van der Waals surface area contributed by atoms with Crippen molar-refractivity contribution in [2.24, 2.45) is 0 Å². The largest absolute Gasteiger partial charge is 0.368 e. The number of thiophene rings is 1. The number of hydrogen-bond donors (Lipinski definition) is 1. The van der Waals surface area contributed by atoms with E-state index in [1.807, 2.05) is 24.3 Å². The number of nitrogens with zero attached hydrogens (tertiary/aromatic N) is 4. The summed E-state index contributed by atoms with van der Waals surface area (Å²) in [5, 5.41) is 5.33. The van der Waals surface area contributed by atoms with Crippen LogP contribution in [0.25, 0.3) is 31.5 Å². The first-order valence-electron chi connectivity index (χ1n) is 10.7. The molecule has 0 atom stereocenters. The van der Waals surface area contributed by atoms with Crippen LogP contribution in [0.4, 0.5) is 11.4 Å². The third-order valence-corrected chi connectivity index (χ3v) is 7.33. The summed E-state index contributed by atoms with van der Waals surface area (Å²) in [6, 6.07) is 24.9. The minimum atomic E-state index is 0.771. The van der Waals surface area contributed by atoms with Gasteiger partial charge in [-0.15, -0.1) is 11.3 Å². The molecule has 3 aromatic carbocycles. The quantitative estimate of drug-likeness (QED) is 0.354. The van der Waals surface area contributed by atoms with Gasteiger partial charge >= 0.3 is 0 Å². The summed E-state index contributed by atoms with van der Waals surface area (Å²) in [7, 11) is 0. The van der Waals surface area contributed by atoms with Gasteiger partial charge in [0.05, 0.1) is 11.0 Å². The highest BCUT2D eigenvalue weighted by atomic mass is 32.1. The third kappa shape index (κ3) is 3.53. The summed E-state index contributed by atoms with van der Waals surface area (Å²) in [6.07, 6.45) is 0. The fourth-order valence-corrected chi connectivity index (χ4v) is 5.53. The molecule has 32 heavy (non-hydrogen) atoms. The van der Waals surface area contributed by atoms with Crippen molar-refractivity contribution in [2.45, 2.75) is 0 Å². The smallest absolute Gasteiger partial charge is 0.173 e. The number of fused-ring (bicyclic) bond motifs is 4. The van der Waals surface area contributed by atoms with E-state index in [4.69, 9.17) is 22.2 Å². The Hall–Kier alpha value is -3.29. The topological polar surface area (TPSA) is 44.3 Å². The lowest BCUT2D eigenvalue weighted by atomic mass is 10.2. The first-order valence-corrected chi connectivity index (χ1v) is 11.9. The average Bonchev–Trinajstić information content (AvgIpc) is 3.20. The van der Waals surface area contributed by atoms with Gasteiger partial charge in [-0.3, -0.25) is 0 Å². The Morgan fingerprint density at radius 2 is 1.56 bits per heavy atom. The van der Waals surface area contributed by atoms with Crippen molar-refractivity contribution in [3.63, 3.8) is 0 Å². The van der Waals surface area contributed by atoms with E-state index in [2.05, 4.69) is 63.6 Å². The fourth-order valence-electron chi connectivity index (χ4n) is 4.23. The van der Waals surface area contributed by atoms with Gasteiger partial charge in [-0.05, 0) is 54.7 Å². The summed E-state index contributed by atoms with van der Waals surface area (Å²) in [6.45, 7) is 3.73. The van der Waals surface area contributed by atoms with Crippen LogP contribution in [0, 0.1) is 0 Å². The molecule has 1 fully saturated rings. The zero-order chi connectivity index (χ0) is 21.5. The fraction of sp³-hybridized carbons (Fsp3) is 0.160. The van der Waals surface area contributed by atoms with Crippen LogP contribution in [-0.2, 0) is 0 Å². The Labute approximate surface area is 195 Å². The first kappa shape index (κ1) is 19.4. The maximum atomic E-state index is 5.74. The Bertz CT molecular complexity index is 1440. The van der Waals surface area contributed by atoms with Crippen LogP contribution in [-0.4, -0.2) is 46.2 Å². The van der Waals surface area contributed by atoms with E-state index in [0.29, 0.717) is 0 Å². The van der Waals surface area contributed by atoms with E-state index in [-0.39, 0.29) is 0 Å². The predicted octanol–water partition coefficient (Wildman–Crippen LogP) is 5.52. The van der Waals surface area contributed by atoms with Gasteiger partial charge in [0.2, 0.25) is 0 Å². The van der Waals surface area contributed by atoms with Gasteiger partial charge in [0.15, 0.2) is 5.11 Å². The third-order valence-electron chi connectivity index (χ3n) is 5.92. The molecule has 0 bridgehead atoms. The number of hydrogen-bond acceptors (Lipinski definition) is 5. The van der Waals surface area contributed by atoms with Crippen molar-refractivity contribution in [1.82, 2.24) is 14.9 Å². The van der Waals surface area contributed by atoms with Crippen LogP contribution in [0.5, 0.6) is 0 Å². The maximum Gasteiger partial charge on any atom is 0.173 e.